The van der Waals surface area contributed by atoms with Crippen molar-refractivity contribution in [3.63, 3.8) is 0 Å². The average Bonchev–Trinajstić information content (AvgIpc) is 3.26. The van der Waals surface area contributed by atoms with E-state index in [2.05, 4.69) is 15.6 Å². The highest BCUT2D eigenvalue weighted by molar-refractivity contribution is 5.91. The van der Waals surface area contributed by atoms with Crippen LogP contribution in [0.5, 0.6) is 0 Å². The number of benzene rings is 3. The smallest absolute Gasteiger partial charge is 0.408 e. The molecule has 0 aliphatic rings. The lowest BCUT2D eigenvalue weighted by atomic mass is 9.91. The van der Waals surface area contributed by atoms with Crippen LogP contribution in [0.15, 0.2) is 85.1 Å². The minimum atomic E-state index is -1.26. The number of aromatic amines is 1. The van der Waals surface area contributed by atoms with Gasteiger partial charge in [-0.2, -0.15) is 0 Å². The van der Waals surface area contributed by atoms with Gasteiger partial charge in [-0.25, -0.2) is 9.18 Å². The number of alkyl carbamates (subject to hydrolysis) is 1. The summed E-state index contributed by atoms with van der Waals surface area (Å²) in [6, 6.07) is 23.4. The Morgan fingerprint density at radius 2 is 1.66 bits per heavy atom. The Morgan fingerprint density at radius 3 is 2.43 bits per heavy atom. The molecule has 2 amide bonds. The van der Waals surface area contributed by atoms with Crippen molar-refractivity contribution in [1.29, 1.82) is 0 Å². The number of halogens is 1. The molecule has 35 heavy (non-hydrogen) atoms. The number of rotatable bonds is 9. The number of hydrogen-bond acceptors (Lipinski definition) is 3. The van der Waals surface area contributed by atoms with Crippen LogP contribution in [0.1, 0.15) is 23.6 Å². The first-order chi connectivity index (χ1) is 16.9. The number of para-hydroxylation sites is 1. The molecule has 0 bridgehead atoms. The van der Waals surface area contributed by atoms with Gasteiger partial charge in [-0.1, -0.05) is 60.7 Å². The van der Waals surface area contributed by atoms with Crippen LogP contribution in [0.4, 0.5) is 9.18 Å². The number of carbonyl (C=O) groups excluding carboxylic acids is 2. The molecular formula is C28H28FN3O3. The number of hydrogen-bond donors (Lipinski definition) is 3. The van der Waals surface area contributed by atoms with Crippen molar-refractivity contribution in [2.24, 2.45) is 0 Å². The van der Waals surface area contributed by atoms with Crippen molar-refractivity contribution in [1.82, 2.24) is 15.6 Å². The summed E-state index contributed by atoms with van der Waals surface area (Å²) < 4.78 is 18.5. The Bertz CT molecular complexity index is 1290. The van der Waals surface area contributed by atoms with Crippen LogP contribution in [-0.4, -0.2) is 29.1 Å². The van der Waals surface area contributed by atoms with Gasteiger partial charge in [-0.3, -0.25) is 4.79 Å². The Kier molecular flexibility index (Phi) is 7.45. The summed E-state index contributed by atoms with van der Waals surface area (Å²) in [6.07, 6.45) is 2.06. The van der Waals surface area contributed by atoms with Crippen molar-refractivity contribution in [3.05, 3.63) is 108 Å². The summed E-state index contributed by atoms with van der Waals surface area (Å²) in [7, 11) is 0. The average molecular weight is 474 g/mol. The third-order valence-electron chi connectivity index (χ3n) is 5.92. The second kappa shape index (κ2) is 10.9. The molecule has 0 saturated heterocycles. The van der Waals surface area contributed by atoms with E-state index in [1.807, 2.05) is 60.8 Å². The van der Waals surface area contributed by atoms with Gasteiger partial charge in [-0.15, -0.1) is 0 Å². The third-order valence-corrected chi connectivity index (χ3v) is 5.92. The zero-order chi connectivity index (χ0) is 24.7. The van der Waals surface area contributed by atoms with E-state index in [9.17, 15) is 14.0 Å². The maximum Gasteiger partial charge on any atom is 0.408 e. The molecule has 6 nitrogen and oxygen atoms in total. The second-order valence-corrected chi connectivity index (χ2v) is 8.69. The summed E-state index contributed by atoms with van der Waals surface area (Å²) >= 11 is 0. The van der Waals surface area contributed by atoms with Crippen LogP contribution >= 0.6 is 0 Å². The van der Waals surface area contributed by atoms with Crippen LogP contribution in [-0.2, 0) is 29.0 Å². The predicted molar refractivity (Wildman–Crippen MR) is 133 cm³/mol. The van der Waals surface area contributed by atoms with Gasteiger partial charge in [0.15, 0.2) is 0 Å². The highest BCUT2D eigenvalue weighted by Crippen LogP contribution is 2.23. The Morgan fingerprint density at radius 1 is 0.943 bits per heavy atom. The highest BCUT2D eigenvalue weighted by atomic mass is 19.1. The van der Waals surface area contributed by atoms with E-state index in [-0.39, 0.29) is 24.8 Å². The molecule has 1 heterocycles. The summed E-state index contributed by atoms with van der Waals surface area (Å²) in [5.41, 5.74) is 2.35. The maximum atomic E-state index is 13.3. The number of aromatic nitrogens is 1. The fraction of sp³-hybridized carbons (Fsp3) is 0.214. The standard InChI is InChI=1S/C28H28FN3O3/c1-28(17-22-18-31-25-10-6-5-9-24(22)25,26(33)30-16-15-20-7-3-2-4-8-20)32-27(34)35-19-21-11-13-23(29)14-12-21/h2-14,18,31H,15-17,19H2,1H3,(H,30,33)(H,32,34)/t28-/m1/s1. The molecule has 180 valence electrons. The summed E-state index contributed by atoms with van der Waals surface area (Å²) in [6.45, 7) is 2.08. The molecule has 0 spiro atoms. The molecule has 0 aliphatic heterocycles. The fourth-order valence-corrected chi connectivity index (χ4v) is 3.99. The highest BCUT2D eigenvalue weighted by Gasteiger charge is 2.36. The van der Waals surface area contributed by atoms with Crippen molar-refractivity contribution in [2.75, 3.05) is 6.54 Å². The first-order valence-corrected chi connectivity index (χ1v) is 11.5. The largest absolute Gasteiger partial charge is 0.445 e. The normalized spacial score (nSPS) is 12.6. The Hall–Kier alpha value is -4.13. The lowest BCUT2D eigenvalue weighted by Gasteiger charge is -2.29. The second-order valence-electron chi connectivity index (χ2n) is 8.69. The zero-order valence-electron chi connectivity index (χ0n) is 19.5. The minimum absolute atomic E-state index is 0.0368. The van der Waals surface area contributed by atoms with Crippen molar-refractivity contribution < 1.29 is 18.7 Å². The molecule has 0 saturated carbocycles. The van der Waals surface area contributed by atoms with E-state index in [1.165, 1.54) is 12.1 Å². The lowest BCUT2D eigenvalue weighted by Crippen LogP contribution is -2.58. The third kappa shape index (κ3) is 6.26. The van der Waals surface area contributed by atoms with Crippen LogP contribution in [0.2, 0.25) is 0 Å². The van der Waals surface area contributed by atoms with Gasteiger partial charge in [0.25, 0.3) is 0 Å². The molecule has 0 radical (unpaired) electrons. The molecule has 0 unspecified atom stereocenters. The molecule has 0 aliphatic carbocycles. The first-order valence-electron chi connectivity index (χ1n) is 11.5. The molecular weight excluding hydrogens is 445 g/mol. The van der Waals surface area contributed by atoms with Gasteiger partial charge < -0.3 is 20.4 Å². The van der Waals surface area contributed by atoms with E-state index in [4.69, 9.17) is 4.74 Å². The molecule has 3 aromatic carbocycles. The first kappa shape index (κ1) is 24.0. The maximum absolute atomic E-state index is 13.3. The van der Waals surface area contributed by atoms with E-state index in [1.54, 1.807) is 19.1 Å². The van der Waals surface area contributed by atoms with Crippen molar-refractivity contribution >= 4 is 22.9 Å². The predicted octanol–water partition coefficient (Wildman–Crippen LogP) is 4.89. The van der Waals surface area contributed by atoms with Crippen molar-refractivity contribution in [2.45, 2.75) is 31.9 Å². The van der Waals surface area contributed by atoms with Gasteiger partial charge >= 0.3 is 6.09 Å². The molecule has 0 fully saturated rings. The van der Waals surface area contributed by atoms with Crippen LogP contribution in [0.25, 0.3) is 10.9 Å². The number of nitrogens with one attached hydrogen (secondary N) is 3. The topological polar surface area (TPSA) is 83.2 Å². The number of H-pyrrole nitrogens is 1. The minimum Gasteiger partial charge on any atom is -0.445 e. The van der Waals surface area contributed by atoms with Gasteiger partial charge in [0.05, 0.1) is 0 Å². The summed E-state index contributed by atoms with van der Waals surface area (Å²) in [4.78, 5) is 29.2. The van der Waals surface area contributed by atoms with E-state index in [0.29, 0.717) is 18.5 Å². The fourth-order valence-electron chi connectivity index (χ4n) is 3.99. The van der Waals surface area contributed by atoms with Gasteiger partial charge in [0, 0.05) is 30.1 Å². The molecule has 4 aromatic rings. The summed E-state index contributed by atoms with van der Waals surface area (Å²) in [5.74, 6) is -0.672. The van der Waals surface area contributed by atoms with Crippen LogP contribution in [0.3, 0.4) is 0 Å². The SMILES string of the molecule is C[C@](Cc1c[nH]c2ccccc12)(NC(=O)OCc1ccc(F)cc1)C(=O)NCCc1ccccc1. The quantitative estimate of drug-likeness (QED) is 0.324. The number of ether oxygens (including phenoxy) is 1. The zero-order valence-corrected chi connectivity index (χ0v) is 19.5. The molecule has 1 atom stereocenters. The number of carbonyl (C=O) groups is 2. The van der Waals surface area contributed by atoms with Crippen molar-refractivity contribution in [3.8, 4) is 0 Å². The van der Waals surface area contributed by atoms with E-state index in [0.717, 1.165) is 22.0 Å². The van der Waals surface area contributed by atoms with Crippen LogP contribution in [0, 0.1) is 5.82 Å². The number of amides is 2. The monoisotopic (exact) mass is 473 g/mol. The molecule has 1 aromatic heterocycles. The lowest BCUT2D eigenvalue weighted by molar-refractivity contribution is -0.126. The van der Waals surface area contributed by atoms with E-state index >= 15 is 0 Å². The Labute approximate surface area is 203 Å². The molecule has 4 rings (SSSR count). The van der Waals surface area contributed by atoms with Gasteiger partial charge in [0.1, 0.15) is 18.0 Å². The van der Waals surface area contributed by atoms with Gasteiger partial charge in [-0.05, 0) is 48.2 Å². The van der Waals surface area contributed by atoms with Crippen LogP contribution < -0.4 is 10.6 Å². The summed E-state index contributed by atoms with van der Waals surface area (Å²) in [5, 5.41) is 6.71. The molecule has 7 heteroatoms. The number of fused-ring (bicyclic) bond motifs is 1. The van der Waals surface area contributed by atoms with E-state index < -0.39 is 11.6 Å². The van der Waals surface area contributed by atoms with Gasteiger partial charge in [0.2, 0.25) is 5.91 Å². The Balaban J connectivity index is 1.46. The molecule has 3 N–H and O–H groups in total.